The Morgan fingerprint density at radius 2 is 1.56 bits per heavy atom. The molecular weight excluding hydrogens is 466 g/mol. The lowest BCUT2D eigenvalue weighted by molar-refractivity contribution is -0.362. The second-order valence-corrected chi connectivity index (χ2v) is 11.1. The van der Waals surface area contributed by atoms with Gasteiger partial charge in [-0.25, -0.2) is 4.90 Å². The summed E-state index contributed by atoms with van der Waals surface area (Å²) in [6.45, 7) is 16.3. The molecule has 0 aromatic rings. The maximum absolute atomic E-state index is 12.1. The van der Waals surface area contributed by atoms with Crippen LogP contribution >= 0.6 is 0 Å². The van der Waals surface area contributed by atoms with E-state index in [0.717, 1.165) is 12.8 Å². The number of likely N-dealkylation sites (tertiary alicyclic amines) is 1. The number of rotatable bonds is 9. The quantitative estimate of drug-likeness (QED) is 0.353. The van der Waals surface area contributed by atoms with E-state index < -0.39 is 55.3 Å². The molecule has 0 amide bonds. The lowest BCUT2D eigenvalue weighted by Gasteiger charge is -2.49. The van der Waals surface area contributed by atoms with Crippen molar-refractivity contribution in [2.75, 3.05) is 6.54 Å². The van der Waals surface area contributed by atoms with E-state index in [1.165, 1.54) is 6.92 Å². The summed E-state index contributed by atoms with van der Waals surface area (Å²) >= 11 is 0. The minimum atomic E-state index is -1.23. The summed E-state index contributed by atoms with van der Waals surface area (Å²) in [5.41, 5.74) is 0. The molecule has 9 heteroatoms. The standard InChI is InChI=1S/C27H49NO8/c1-9-19-12-20(30)13-28(19)27(31)36-26-17(7)23(32-18(8)29)24(22(11-3)34-26)35-25-16(6)14(4)15(5)21(10-2)33-25/h14-17,19-27,30-31H,9-13H2,1-8H3/t14?,15?,16?,17?,19-,20+,21?,22?,23?,24?,25?,26?,27?/m1/s1. The van der Waals surface area contributed by atoms with E-state index in [1.54, 1.807) is 4.90 Å². The molecule has 13 atom stereocenters. The molecule has 210 valence electrons. The van der Waals surface area contributed by atoms with Crippen LogP contribution in [-0.4, -0.2) is 83.2 Å². The molecule has 3 aliphatic rings. The third kappa shape index (κ3) is 6.42. The second-order valence-electron chi connectivity index (χ2n) is 11.1. The minimum absolute atomic E-state index is 0.0250. The van der Waals surface area contributed by atoms with Crippen LogP contribution in [0, 0.1) is 23.7 Å². The number of carbonyl (C=O) groups is 1. The van der Waals surface area contributed by atoms with Crippen molar-refractivity contribution in [2.24, 2.45) is 23.7 Å². The van der Waals surface area contributed by atoms with Crippen LogP contribution in [0.1, 0.15) is 81.1 Å². The van der Waals surface area contributed by atoms with Crippen molar-refractivity contribution in [3.63, 3.8) is 0 Å². The second kappa shape index (κ2) is 12.8. The number of hydrogen-bond donors (Lipinski definition) is 2. The van der Waals surface area contributed by atoms with Gasteiger partial charge in [0.1, 0.15) is 12.2 Å². The molecule has 3 aliphatic heterocycles. The third-order valence-electron chi connectivity index (χ3n) is 8.77. The van der Waals surface area contributed by atoms with Crippen molar-refractivity contribution in [1.29, 1.82) is 0 Å². The Labute approximate surface area is 216 Å². The van der Waals surface area contributed by atoms with E-state index in [4.69, 9.17) is 23.7 Å². The van der Waals surface area contributed by atoms with Crippen LogP contribution in [0.2, 0.25) is 0 Å². The Balaban J connectivity index is 1.78. The van der Waals surface area contributed by atoms with Gasteiger partial charge in [0.25, 0.3) is 0 Å². The molecule has 3 heterocycles. The summed E-state index contributed by atoms with van der Waals surface area (Å²) in [4.78, 5) is 13.9. The van der Waals surface area contributed by atoms with Crippen molar-refractivity contribution in [1.82, 2.24) is 4.90 Å². The van der Waals surface area contributed by atoms with E-state index in [2.05, 4.69) is 27.7 Å². The molecule has 0 spiro atoms. The molecule has 0 aliphatic carbocycles. The number of hydrogen-bond acceptors (Lipinski definition) is 9. The fourth-order valence-corrected chi connectivity index (χ4v) is 6.11. The first-order chi connectivity index (χ1) is 17.0. The molecule has 0 aromatic carbocycles. The highest BCUT2D eigenvalue weighted by molar-refractivity contribution is 5.66. The van der Waals surface area contributed by atoms with Gasteiger partial charge in [-0.05, 0) is 37.5 Å². The van der Waals surface area contributed by atoms with E-state index in [-0.39, 0.29) is 18.1 Å². The fourth-order valence-electron chi connectivity index (χ4n) is 6.11. The van der Waals surface area contributed by atoms with E-state index in [0.29, 0.717) is 31.2 Å². The molecule has 0 aromatic heterocycles. The summed E-state index contributed by atoms with van der Waals surface area (Å²) in [5.74, 6) is 0.193. The summed E-state index contributed by atoms with van der Waals surface area (Å²) in [5, 5.41) is 21.0. The number of nitrogens with zero attached hydrogens (tertiary/aromatic N) is 1. The van der Waals surface area contributed by atoms with Gasteiger partial charge in [0, 0.05) is 31.3 Å². The molecule has 9 nitrogen and oxygen atoms in total. The van der Waals surface area contributed by atoms with Crippen LogP contribution in [0.5, 0.6) is 0 Å². The van der Waals surface area contributed by atoms with E-state index in [1.807, 2.05) is 20.8 Å². The number of aliphatic hydroxyl groups is 2. The van der Waals surface area contributed by atoms with Crippen molar-refractivity contribution >= 4 is 5.97 Å². The molecule has 0 saturated carbocycles. The van der Waals surface area contributed by atoms with Gasteiger partial charge in [-0.2, -0.15) is 0 Å². The number of β-amino-alcohol motifs (C(OH)–C–C–N with tert-alkyl or cyclic N) is 1. The number of ether oxygens (including phenoxy) is 5. The highest BCUT2D eigenvalue weighted by Gasteiger charge is 2.50. The lowest BCUT2D eigenvalue weighted by atomic mass is 9.78. The normalized spacial score (nSPS) is 44.9. The molecule has 2 N–H and O–H groups in total. The number of carbonyl (C=O) groups excluding carboxylic acids is 1. The monoisotopic (exact) mass is 515 g/mol. The van der Waals surface area contributed by atoms with Crippen LogP contribution in [0.15, 0.2) is 0 Å². The van der Waals surface area contributed by atoms with Gasteiger partial charge in [0.2, 0.25) is 6.41 Å². The van der Waals surface area contributed by atoms with Crippen LogP contribution in [0.25, 0.3) is 0 Å². The molecule has 3 saturated heterocycles. The van der Waals surface area contributed by atoms with Crippen molar-refractivity contribution in [3.05, 3.63) is 0 Å². The zero-order valence-electron chi connectivity index (χ0n) is 23.3. The maximum Gasteiger partial charge on any atom is 0.303 e. The van der Waals surface area contributed by atoms with Gasteiger partial charge >= 0.3 is 5.97 Å². The lowest BCUT2D eigenvalue weighted by Crippen LogP contribution is -2.60. The molecule has 3 fully saturated rings. The average molecular weight is 516 g/mol. The highest BCUT2D eigenvalue weighted by atomic mass is 16.8. The molecule has 36 heavy (non-hydrogen) atoms. The average Bonchev–Trinajstić information content (AvgIpc) is 3.23. The SMILES string of the molecule is CCC1OC(OC2C(CC)OC(OC(O)N3C[C@@H](O)C[C@H]3CC)C(C)C2OC(C)=O)C(C)C(C)C1C. The Kier molecular flexibility index (Phi) is 10.6. The maximum atomic E-state index is 12.1. The van der Waals surface area contributed by atoms with Crippen molar-refractivity contribution in [2.45, 2.75) is 137 Å². The first kappa shape index (κ1) is 29.7. The predicted octanol–water partition coefficient (Wildman–Crippen LogP) is 3.26. The molecular formula is C27H49NO8. The molecule has 0 radical (unpaired) electrons. The molecule has 0 bridgehead atoms. The van der Waals surface area contributed by atoms with Crippen molar-refractivity contribution in [3.8, 4) is 0 Å². The topological polar surface area (TPSA) is 107 Å². The van der Waals surface area contributed by atoms with Gasteiger partial charge in [0.05, 0.1) is 18.3 Å². The van der Waals surface area contributed by atoms with Gasteiger partial charge < -0.3 is 33.9 Å². The third-order valence-corrected chi connectivity index (χ3v) is 8.77. The Hall–Kier alpha value is -0.810. The smallest absolute Gasteiger partial charge is 0.303 e. The van der Waals surface area contributed by atoms with E-state index >= 15 is 0 Å². The summed E-state index contributed by atoms with van der Waals surface area (Å²) < 4.78 is 31.1. The first-order valence-electron chi connectivity index (χ1n) is 13.9. The van der Waals surface area contributed by atoms with Gasteiger partial charge in [0.15, 0.2) is 12.6 Å². The Morgan fingerprint density at radius 3 is 2.14 bits per heavy atom. The van der Waals surface area contributed by atoms with Crippen LogP contribution in [-0.2, 0) is 28.5 Å². The van der Waals surface area contributed by atoms with Crippen LogP contribution in [0.3, 0.4) is 0 Å². The largest absolute Gasteiger partial charge is 0.459 e. The number of esters is 1. The van der Waals surface area contributed by atoms with Crippen LogP contribution < -0.4 is 0 Å². The predicted molar refractivity (Wildman–Crippen MR) is 133 cm³/mol. The van der Waals surface area contributed by atoms with Gasteiger partial charge in [-0.3, -0.25) is 4.79 Å². The summed E-state index contributed by atoms with van der Waals surface area (Å²) in [6.07, 6.45) is -1.57. The first-order valence-corrected chi connectivity index (χ1v) is 13.9. The summed E-state index contributed by atoms with van der Waals surface area (Å²) in [6, 6.07) is 0.0250. The van der Waals surface area contributed by atoms with Gasteiger partial charge in [-0.1, -0.05) is 48.5 Å². The zero-order chi connectivity index (χ0) is 26.7. The van der Waals surface area contributed by atoms with E-state index in [9.17, 15) is 15.0 Å². The fraction of sp³-hybridized carbons (Fsp3) is 0.963. The number of aliphatic hydroxyl groups excluding tert-OH is 2. The Morgan fingerprint density at radius 1 is 0.917 bits per heavy atom. The zero-order valence-corrected chi connectivity index (χ0v) is 23.3. The molecule has 3 rings (SSSR count). The summed E-state index contributed by atoms with van der Waals surface area (Å²) in [7, 11) is 0. The highest BCUT2D eigenvalue weighted by Crippen LogP contribution is 2.40. The minimum Gasteiger partial charge on any atom is -0.459 e. The molecule has 11 unspecified atom stereocenters. The van der Waals surface area contributed by atoms with Gasteiger partial charge in [-0.15, -0.1) is 0 Å². The van der Waals surface area contributed by atoms with Crippen molar-refractivity contribution < 1.29 is 38.7 Å². The van der Waals surface area contributed by atoms with Crippen LogP contribution in [0.4, 0.5) is 0 Å². The Bertz CT molecular complexity index is 707.